The number of nitrogens with zero attached hydrogens (tertiary/aromatic N) is 2. The molecule has 0 aliphatic heterocycles. The molecule has 0 spiro atoms. The summed E-state index contributed by atoms with van der Waals surface area (Å²) in [5, 5.41) is -0.330. The first-order valence-electron chi connectivity index (χ1n) is 8.47. The molecule has 1 N–H and O–H groups in total. The van der Waals surface area contributed by atoms with Crippen LogP contribution in [0.25, 0.3) is 10.9 Å². The smallest absolute Gasteiger partial charge is 0.406 e. The van der Waals surface area contributed by atoms with Crippen LogP contribution in [0.3, 0.4) is 0 Å². The highest BCUT2D eigenvalue weighted by Crippen LogP contribution is 2.35. The number of alkyl halides is 6. The fourth-order valence-corrected chi connectivity index (χ4v) is 3.94. The van der Waals surface area contributed by atoms with Crippen LogP contribution in [0.2, 0.25) is 0 Å². The van der Waals surface area contributed by atoms with Crippen LogP contribution >= 0.6 is 27.7 Å². The highest BCUT2D eigenvalue weighted by atomic mass is 79.9. The van der Waals surface area contributed by atoms with Crippen molar-refractivity contribution in [1.82, 2.24) is 9.66 Å². The summed E-state index contributed by atoms with van der Waals surface area (Å²) in [6, 6.07) is 4.99. The van der Waals surface area contributed by atoms with Crippen molar-refractivity contribution in [3.8, 4) is 5.75 Å². The van der Waals surface area contributed by atoms with E-state index in [0.717, 1.165) is 29.2 Å². The van der Waals surface area contributed by atoms with E-state index in [9.17, 15) is 31.1 Å². The number of anilines is 1. The number of benzene rings is 2. The van der Waals surface area contributed by atoms with Crippen LogP contribution < -0.4 is 15.7 Å². The molecule has 0 atom stereocenters. The predicted octanol–water partition coefficient (Wildman–Crippen LogP) is 6.06. The van der Waals surface area contributed by atoms with E-state index < -0.39 is 29.4 Å². The second kappa shape index (κ2) is 8.61. The highest BCUT2D eigenvalue weighted by Gasteiger charge is 2.32. The van der Waals surface area contributed by atoms with Gasteiger partial charge in [-0.05, 0) is 45.9 Å². The number of hydrogen-bond acceptors (Lipinski definition) is 5. The highest BCUT2D eigenvalue weighted by molar-refractivity contribution is 9.10. The molecule has 31 heavy (non-hydrogen) atoms. The third-order valence-electron chi connectivity index (χ3n) is 3.87. The Morgan fingerprint density at radius 2 is 1.87 bits per heavy atom. The Kier molecular flexibility index (Phi) is 6.46. The Bertz CT molecular complexity index is 1180. The van der Waals surface area contributed by atoms with Crippen molar-refractivity contribution in [3.05, 3.63) is 57.0 Å². The molecule has 0 aliphatic carbocycles. The zero-order valence-corrected chi connectivity index (χ0v) is 17.8. The number of ether oxygens (including phenoxy) is 1. The van der Waals surface area contributed by atoms with E-state index >= 15 is 0 Å². The number of nitrogens with one attached hydrogen (secondary N) is 1. The summed E-state index contributed by atoms with van der Waals surface area (Å²) in [4.78, 5) is 17.3. The first-order chi connectivity index (χ1) is 14.4. The van der Waals surface area contributed by atoms with Gasteiger partial charge in [-0.2, -0.15) is 13.2 Å². The van der Waals surface area contributed by atoms with Crippen molar-refractivity contribution in [2.45, 2.75) is 24.4 Å². The minimum atomic E-state index is -4.92. The summed E-state index contributed by atoms with van der Waals surface area (Å²) in [6.07, 6.45) is -8.58. The molecule has 2 aromatic carbocycles. The van der Waals surface area contributed by atoms with Crippen LogP contribution in [0.15, 0.2) is 50.8 Å². The van der Waals surface area contributed by atoms with Crippen molar-refractivity contribution in [2.24, 2.45) is 0 Å². The molecule has 3 rings (SSSR count). The Labute approximate surface area is 183 Å². The maximum Gasteiger partial charge on any atom is 0.573 e. The Balaban J connectivity index is 2.09. The molecule has 0 aliphatic rings. The summed E-state index contributed by atoms with van der Waals surface area (Å²) in [7, 11) is 0. The third-order valence-corrected chi connectivity index (χ3v) is 5.43. The fraction of sp³-hybridized carbons (Fsp3) is 0.222. The molecule has 0 amide bonds. The topological polar surface area (TPSA) is 56.1 Å². The second-order valence-electron chi connectivity index (χ2n) is 6.02. The lowest BCUT2D eigenvalue weighted by atomic mass is 10.1. The zero-order chi connectivity index (χ0) is 23.0. The number of rotatable bonds is 5. The van der Waals surface area contributed by atoms with Crippen LogP contribution in [0.5, 0.6) is 5.75 Å². The van der Waals surface area contributed by atoms with E-state index in [1.807, 2.05) is 6.92 Å². The molecule has 5 nitrogen and oxygen atoms in total. The van der Waals surface area contributed by atoms with Crippen LogP contribution in [0.1, 0.15) is 12.5 Å². The van der Waals surface area contributed by atoms with Crippen molar-refractivity contribution >= 4 is 44.3 Å². The van der Waals surface area contributed by atoms with Gasteiger partial charge in [0, 0.05) is 15.4 Å². The maximum atomic E-state index is 13.1. The molecule has 0 bridgehead atoms. The molecule has 1 aromatic heterocycles. The number of fused-ring (bicyclic) bond motifs is 1. The first-order valence-corrected chi connectivity index (χ1v) is 10.2. The molecule has 0 radical (unpaired) electrons. The van der Waals surface area contributed by atoms with E-state index in [1.54, 1.807) is 0 Å². The second-order valence-corrected chi connectivity index (χ2v) is 8.18. The Morgan fingerprint density at radius 1 is 1.16 bits per heavy atom. The van der Waals surface area contributed by atoms with Crippen LogP contribution in [-0.2, 0) is 6.18 Å². The number of thioether (sulfide) groups is 1. The first kappa shape index (κ1) is 23.3. The number of hydrogen-bond donors (Lipinski definition) is 1. The number of aromatic nitrogens is 2. The summed E-state index contributed by atoms with van der Waals surface area (Å²) < 4.78 is 81.7. The lowest BCUT2D eigenvalue weighted by molar-refractivity contribution is -0.274. The summed E-state index contributed by atoms with van der Waals surface area (Å²) >= 11 is 4.25. The van der Waals surface area contributed by atoms with Gasteiger partial charge in [0.1, 0.15) is 12.1 Å². The average molecular weight is 528 g/mol. The van der Waals surface area contributed by atoms with Crippen LogP contribution in [-0.4, -0.2) is 21.8 Å². The average Bonchev–Trinajstić information content (AvgIpc) is 2.64. The largest absolute Gasteiger partial charge is 0.573 e. The van der Waals surface area contributed by atoms with Gasteiger partial charge in [0.25, 0.3) is 5.56 Å². The van der Waals surface area contributed by atoms with Crippen molar-refractivity contribution in [1.29, 1.82) is 0 Å². The van der Waals surface area contributed by atoms with E-state index in [4.69, 9.17) is 0 Å². The Morgan fingerprint density at radius 3 is 2.48 bits per heavy atom. The molecule has 0 unspecified atom stereocenters. The van der Waals surface area contributed by atoms with Gasteiger partial charge in [-0.25, -0.2) is 9.66 Å². The SMILES string of the molecule is CCSc1ccc(OC(F)(F)F)cc1Nn1cnc2c(Br)cc(C(F)(F)F)cc2c1=O. The Hall–Kier alpha value is -2.41. The summed E-state index contributed by atoms with van der Waals surface area (Å²) in [5.74, 6) is 0.0420. The van der Waals surface area contributed by atoms with Gasteiger partial charge in [0.15, 0.2) is 0 Å². The van der Waals surface area contributed by atoms with Gasteiger partial charge >= 0.3 is 12.5 Å². The monoisotopic (exact) mass is 527 g/mol. The molecule has 1 heterocycles. The van der Waals surface area contributed by atoms with Gasteiger partial charge in [-0.3, -0.25) is 10.2 Å². The van der Waals surface area contributed by atoms with Gasteiger partial charge in [-0.15, -0.1) is 24.9 Å². The molecule has 0 saturated carbocycles. The van der Waals surface area contributed by atoms with Gasteiger partial charge in [0.2, 0.25) is 0 Å². The van der Waals surface area contributed by atoms with E-state index in [-0.39, 0.29) is 21.1 Å². The third kappa shape index (κ3) is 5.45. The zero-order valence-electron chi connectivity index (χ0n) is 15.4. The van der Waals surface area contributed by atoms with Crippen molar-refractivity contribution < 1.29 is 31.1 Å². The normalized spacial score (nSPS) is 12.3. The van der Waals surface area contributed by atoms with Gasteiger partial charge < -0.3 is 4.74 Å². The number of halogens is 7. The molecular formula is C18H12BrF6N3O2S. The molecule has 13 heteroatoms. The quantitative estimate of drug-likeness (QED) is 0.322. The predicted molar refractivity (Wildman–Crippen MR) is 107 cm³/mol. The van der Waals surface area contributed by atoms with Crippen LogP contribution in [0, 0.1) is 0 Å². The maximum absolute atomic E-state index is 13.1. The van der Waals surface area contributed by atoms with Crippen molar-refractivity contribution in [2.75, 3.05) is 11.2 Å². The standard InChI is InChI=1S/C18H12BrF6N3O2S/c1-2-31-14-4-3-10(30-18(23,24)25)7-13(14)27-28-8-26-15-11(16(28)29)5-9(6-12(15)19)17(20,21)22/h3-8,27H,2H2,1H3. The molecule has 166 valence electrons. The molecule has 3 aromatic rings. The van der Waals surface area contributed by atoms with Crippen LogP contribution in [0.4, 0.5) is 32.0 Å². The minimum Gasteiger partial charge on any atom is -0.406 e. The minimum absolute atomic E-state index is 0.00774. The summed E-state index contributed by atoms with van der Waals surface area (Å²) in [5.41, 5.74) is 0.773. The molecule has 0 fully saturated rings. The fourth-order valence-electron chi connectivity index (χ4n) is 2.64. The van der Waals surface area contributed by atoms with E-state index in [1.165, 1.54) is 17.8 Å². The molecular weight excluding hydrogens is 516 g/mol. The lowest BCUT2D eigenvalue weighted by Crippen LogP contribution is -2.27. The van der Waals surface area contributed by atoms with Gasteiger partial charge in [0.05, 0.1) is 22.2 Å². The lowest BCUT2D eigenvalue weighted by Gasteiger charge is -2.16. The van der Waals surface area contributed by atoms with Crippen molar-refractivity contribution in [3.63, 3.8) is 0 Å². The summed E-state index contributed by atoms with van der Waals surface area (Å²) in [6.45, 7) is 1.81. The molecule has 0 saturated heterocycles. The van der Waals surface area contributed by atoms with E-state index in [0.29, 0.717) is 16.7 Å². The van der Waals surface area contributed by atoms with Gasteiger partial charge in [-0.1, -0.05) is 6.92 Å². The van der Waals surface area contributed by atoms with E-state index in [2.05, 4.69) is 31.1 Å².